The van der Waals surface area contributed by atoms with Crippen LogP contribution in [0.15, 0.2) is 12.2 Å². The van der Waals surface area contributed by atoms with Gasteiger partial charge in [-0.2, -0.15) is 0 Å². The lowest BCUT2D eigenvalue weighted by atomic mass is 9.91. The van der Waals surface area contributed by atoms with Crippen molar-refractivity contribution in [3.05, 3.63) is 19.1 Å². The lowest BCUT2D eigenvalue weighted by Gasteiger charge is -2.15. The molecule has 0 heterocycles. The van der Waals surface area contributed by atoms with Crippen LogP contribution in [0.2, 0.25) is 0 Å². The van der Waals surface area contributed by atoms with E-state index in [9.17, 15) is 0 Å². The largest absolute Gasteiger partial charge is 0.0885 e. The minimum absolute atomic E-state index is 0.860. The zero-order valence-electron chi connectivity index (χ0n) is 5.84. The summed E-state index contributed by atoms with van der Waals surface area (Å²) in [5.41, 5.74) is 0. The maximum atomic E-state index is 5.44. The molecule has 0 fully saturated rings. The fourth-order valence-electron chi connectivity index (χ4n) is 1.35. The Kier molecular flexibility index (Phi) is 2.82. The van der Waals surface area contributed by atoms with Crippen molar-refractivity contribution < 1.29 is 0 Å². The van der Waals surface area contributed by atoms with Gasteiger partial charge in [-0.15, -0.1) is 0 Å². The Morgan fingerprint density at radius 1 is 1.44 bits per heavy atom. The Morgan fingerprint density at radius 2 is 2.33 bits per heavy atom. The molecule has 0 aromatic carbocycles. The SMILES string of the molecule is [CH]CCC1CC=CCC1. The average molecular weight is 122 g/mol. The molecule has 1 unspecified atom stereocenters. The Balaban J connectivity index is 2.18. The maximum absolute atomic E-state index is 5.44. The molecule has 1 aliphatic carbocycles. The van der Waals surface area contributed by atoms with Gasteiger partial charge in [-0.3, -0.25) is 0 Å². The van der Waals surface area contributed by atoms with Gasteiger partial charge < -0.3 is 0 Å². The third-order valence-corrected chi connectivity index (χ3v) is 1.95. The van der Waals surface area contributed by atoms with Gasteiger partial charge in [-0.05, 0) is 44.9 Å². The molecule has 0 bridgehead atoms. The van der Waals surface area contributed by atoms with Crippen molar-refractivity contribution in [3.63, 3.8) is 0 Å². The molecular formula is C9H14. The van der Waals surface area contributed by atoms with Gasteiger partial charge in [0.2, 0.25) is 0 Å². The number of hydrogen-bond donors (Lipinski definition) is 0. The van der Waals surface area contributed by atoms with Gasteiger partial charge in [0.05, 0.1) is 0 Å². The van der Waals surface area contributed by atoms with Crippen LogP contribution in [0.3, 0.4) is 0 Å². The summed E-state index contributed by atoms with van der Waals surface area (Å²) < 4.78 is 0. The van der Waals surface area contributed by atoms with E-state index in [0.717, 1.165) is 12.3 Å². The van der Waals surface area contributed by atoms with Crippen LogP contribution in [-0.4, -0.2) is 0 Å². The zero-order valence-corrected chi connectivity index (χ0v) is 5.84. The van der Waals surface area contributed by atoms with Gasteiger partial charge in [0.15, 0.2) is 0 Å². The minimum atomic E-state index is 0.860. The molecule has 2 radical (unpaired) electrons. The molecule has 0 spiro atoms. The molecule has 0 amide bonds. The van der Waals surface area contributed by atoms with Crippen LogP contribution in [0.5, 0.6) is 0 Å². The number of hydrogen-bond acceptors (Lipinski definition) is 0. The van der Waals surface area contributed by atoms with Gasteiger partial charge in [0.1, 0.15) is 0 Å². The first-order valence-corrected chi connectivity index (χ1v) is 3.78. The quantitative estimate of drug-likeness (QED) is 0.494. The van der Waals surface area contributed by atoms with Crippen molar-refractivity contribution in [1.29, 1.82) is 0 Å². The normalized spacial score (nSPS) is 26.6. The highest BCUT2D eigenvalue weighted by Crippen LogP contribution is 2.21. The first-order chi connectivity index (χ1) is 4.43. The summed E-state index contributed by atoms with van der Waals surface area (Å²) in [6, 6.07) is 0. The fraction of sp³-hybridized carbons (Fsp3) is 0.667. The van der Waals surface area contributed by atoms with Gasteiger partial charge >= 0.3 is 0 Å². The Morgan fingerprint density at radius 3 is 2.89 bits per heavy atom. The van der Waals surface area contributed by atoms with E-state index < -0.39 is 0 Å². The van der Waals surface area contributed by atoms with Crippen molar-refractivity contribution >= 4 is 0 Å². The lowest BCUT2D eigenvalue weighted by Crippen LogP contribution is -2.00. The van der Waals surface area contributed by atoms with Gasteiger partial charge in [-0.1, -0.05) is 12.2 Å². The molecule has 0 saturated heterocycles. The fourth-order valence-corrected chi connectivity index (χ4v) is 1.35. The van der Waals surface area contributed by atoms with Gasteiger partial charge in [0, 0.05) is 0 Å². The van der Waals surface area contributed by atoms with E-state index in [2.05, 4.69) is 12.2 Å². The van der Waals surface area contributed by atoms with Crippen LogP contribution < -0.4 is 0 Å². The molecule has 1 aliphatic rings. The van der Waals surface area contributed by atoms with Crippen LogP contribution in [0.1, 0.15) is 32.1 Å². The summed E-state index contributed by atoms with van der Waals surface area (Å²) >= 11 is 0. The summed E-state index contributed by atoms with van der Waals surface area (Å²) in [5.74, 6) is 0.889. The smallest absolute Gasteiger partial charge is 0.0322 e. The monoisotopic (exact) mass is 122 g/mol. The molecule has 0 aromatic rings. The van der Waals surface area contributed by atoms with E-state index in [4.69, 9.17) is 6.92 Å². The molecule has 50 valence electrons. The zero-order chi connectivity index (χ0) is 6.53. The average Bonchev–Trinajstić information content (AvgIpc) is 1.91. The van der Waals surface area contributed by atoms with E-state index in [1.165, 1.54) is 25.7 Å². The van der Waals surface area contributed by atoms with Crippen LogP contribution >= 0.6 is 0 Å². The van der Waals surface area contributed by atoms with Crippen LogP contribution in [0.4, 0.5) is 0 Å². The first-order valence-electron chi connectivity index (χ1n) is 3.78. The van der Waals surface area contributed by atoms with Gasteiger partial charge in [0.25, 0.3) is 0 Å². The van der Waals surface area contributed by atoms with Crippen molar-refractivity contribution in [2.45, 2.75) is 32.1 Å². The summed E-state index contributed by atoms with van der Waals surface area (Å²) in [4.78, 5) is 0. The van der Waals surface area contributed by atoms with Gasteiger partial charge in [-0.25, -0.2) is 0 Å². The molecule has 0 aliphatic heterocycles. The molecule has 0 N–H and O–H groups in total. The Bertz CT molecular complexity index is 92.2. The highest BCUT2D eigenvalue weighted by Gasteiger charge is 2.06. The second-order valence-corrected chi connectivity index (χ2v) is 2.73. The van der Waals surface area contributed by atoms with Crippen LogP contribution in [0.25, 0.3) is 0 Å². The number of allylic oxidation sites excluding steroid dienone is 2. The number of rotatable bonds is 2. The Labute approximate surface area is 58.0 Å². The van der Waals surface area contributed by atoms with E-state index >= 15 is 0 Å². The summed E-state index contributed by atoms with van der Waals surface area (Å²) in [7, 11) is 0. The van der Waals surface area contributed by atoms with Crippen molar-refractivity contribution in [2.75, 3.05) is 0 Å². The molecule has 0 saturated carbocycles. The maximum Gasteiger partial charge on any atom is -0.0322 e. The predicted octanol–water partition coefficient (Wildman–Crippen LogP) is 2.83. The van der Waals surface area contributed by atoms with E-state index in [0.29, 0.717) is 0 Å². The highest BCUT2D eigenvalue weighted by molar-refractivity contribution is 4.89. The summed E-state index contributed by atoms with van der Waals surface area (Å²) in [6.45, 7) is 5.44. The molecular weight excluding hydrogens is 108 g/mol. The topological polar surface area (TPSA) is 0 Å². The Hall–Kier alpha value is -0.260. The third-order valence-electron chi connectivity index (χ3n) is 1.95. The molecule has 0 nitrogen and oxygen atoms in total. The molecule has 1 atom stereocenters. The minimum Gasteiger partial charge on any atom is -0.0885 e. The van der Waals surface area contributed by atoms with E-state index in [1.54, 1.807) is 0 Å². The standard InChI is InChI=1S/C9H14/c1-2-6-9-7-4-3-5-8-9/h1,3-4,9H,2,5-8H2. The summed E-state index contributed by atoms with van der Waals surface area (Å²) in [6.07, 6.45) is 10.5. The molecule has 0 heteroatoms. The summed E-state index contributed by atoms with van der Waals surface area (Å²) in [5, 5.41) is 0. The third kappa shape index (κ3) is 2.21. The second-order valence-electron chi connectivity index (χ2n) is 2.73. The molecule has 9 heavy (non-hydrogen) atoms. The van der Waals surface area contributed by atoms with E-state index in [1.807, 2.05) is 0 Å². The first kappa shape index (κ1) is 6.85. The molecule has 0 aromatic heterocycles. The molecule has 1 rings (SSSR count). The lowest BCUT2D eigenvalue weighted by molar-refractivity contribution is 0.449. The van der Waals surface area contributed by atoms with Crippen molar-refractivity contribution in [3.8, 4) is 0 Å². The van der Waals surface area contributed by atoms with E-state index in [-0.39, 0.29) is 0 Å². The van der Waals surface area contributed by atoms with Crippen molar-refractivity contribution in [2.24, 2.45) is 5.92 Å². The predicted molar refractivity (Wildman–Crippen MR) is 40.0 cm³/mol. The van der Waals surface area contributed by atoms with Crippen molar-refractivity contribution in [1.82, 2.24) is 0 Å². The van der Waals surface area contributed by atoms with Crippen LogP contribution in [0, 0.1) is 12.8 Å². The second kappa shape index (κ2) is 3.71. The highest BCUT2D eigenvalue weighted by atomic mass is 14.1. The van der Waals surface area contributed by atoms with Crippen LogP contribution in [-0.2, 0) is 0 Å².